The molecule has 1 N–H and O–H groups in total. The van der Waals surface area contributed by atoms with Crippen molar-refractivity contribution < 1.29 is 19.1 Å². The molecule has 2 amide bonds. The van der Waals surface area contributed by atoms with Crippen molar-refractivity contribution in [2.75, 3.05) is 0 Å². The van der Waals surface area contributed by atoms with Gasteiger partial charge >= 0.3 is 6.09 Å². The first kappa shape index (κ1) is 10.5. The van der Waals surface area contributed by atoms with E-state index in [1.54, 1.807) is 18.2 Å². The zero-order valence-electron chi connectivity index (χ0n) is 8.45. The number of fused-ring (bicyclic) bond motifs is 2. The number of nitrogens with one attached hydrogen (secondary N) is 1. The van der Waals surface area contributed by atoms with Gasteiger partial charge in [-0.3, -0.25) is 14.9 Å². The Morgan fingerprint density at radius 2 is 2.06 bits per heavy atom. The molecule has 2 aliphatic rings. The molecule has 3 rings (SSSR count). The molecule has 1 heterocycles. The number of amides is 2. The SMILES string of the molecule is O=C1NC(=O)C2(CC(=O)c3cc(Br)ccc32)O1. The van der Waals surface area contributed by atoms with E-state index in [1.807, 2.05) is 0 Å². The highest BCUT2D eigenvalue weighted by Crippen LogP contribution is 2.43. The summed E-state index contributed by atoms with van der Waals surface area (Å²) in [6.07, 6.45) is -0.935. The normalized spacial score (nSPS) is 26.1. The van der Waals surface area contributed by atoms with E-state index in [1.165, 1.54) is 0 Å². The fourth-order valence-electron chi connectivity index (χ4n) is 2.23. The van der Waals surface area contributed by atoms with Gasteiger partial charge in [-0.1, -0.05) is 22.0 Å². The number of hydrogen-bond donors (Lipinski definition) is 1. The summed E-state index contributed by atoms with van der Waals surface area (Å²) in [5.74, 6) is -0.775. The molecular formula is C11H6BrNO4. The number of ether oxygens (including phenoxy) is 1. The van der Waals surface area contributed by atoms with Crippen molar-refractivity contribution in [1.82, 2.24) is 5.32 Å². The first-order valence-electron chi connectivity index (χ1n) is 4.90. The number of ketones is 1. The van der Waals surface area contributed by atoms with E-state index in [2.05, 4.69) is 21.2 Å². The van der Waals surface area contributed by atoms with Crippen LogP contribution < -0.4 is 5.32 Å². The number of rotatable bonds is 0. The predicted molar refractivity (Wildman–Crippen MR) is 59.4 cm³/mol. The highest BCUT2D eigenvalue weighted by atomic mass is 79.9. The lowest BCUT2D eigenvalue weighted by Crippen LogP contribution is -2.34. The van der Waals surface area contributed by atoms with Gasteiger partial charge in [-0.15, -0.1) is 0 Å². The number of benzene rings is 1. The lowest BCUT2D eigenvalue weighted by Gasteiger charge is -2.18. The summed E-state index contributed by atoms with van der Waals surface area (Å²) >= 11 is 3.26. The molecule has 1 spiro atoms. The van der Waals surface area contributed by atoms with Gasteiger partial charge in [0.25, 0.3) is 5.91 Å². The molecule has 1 aliphatic carbocycles. The summed E-state index contributed by atoms with van der Waals surface area (Å²) in [6.45, 7) is 0. The topological polar surface area (TPSA) is 72.5 Å². The van der Waals surface area contributed by atoms with Crippen LogP contribution in [0.15, 0.2) is 22.7 Å². The van der Waals surface area contributed by atoms with Crippen LogP contribution in [0.5, 0.6) is 0 Å². The Hall–Kier alpha value is -1.69. The highest BCUT2D eigenvalue weighted by molar-refractivity contribution is 9.10. The molecule has 0 aromatic heterocycles. The van der Waals surface area contributed by atoms with E-state index >= 15 is 0 Å². The smallest absolute Gasteiger partial charge is 0.415 e. The van der Waals surface area contributed by atoms with E-state index in [-0.39, 0.29) is 12.2 Å². The molecule has 5 nitrogen and oxygen atoms in total. The van der Waals surface area contributed by atoms with Crippen LogP contribution in [0.1, 0.15) is 22.3 Å². The minimum atomic E-state index is -1.45. The molecule has 0 saturated carbocycles. The molecule has 1 aromatic carbocycles. The van der Waals surface area contributed by atoms with Gasteiger partial charge in [-0.05, 0) is 12.1 Å². The first-order valence-corrected chi connectivity index (χ1v) is 5.70. The minimum absolute atomic E-state index is 0.129. The van der Waals surface area contributed by atoms with E-state index in [4.69, 9.17) is 4.74 Å². The third-order valence-corrected chi connectivity index (χ3v) is 3.47. The quantitative estimate of drug-likeness (QED) is 0.787. The Morgan fingerprint density at radius 3 is 2.71 bits per heavy atom. The standard InChI is InChI=1S/C11H6BrNO4/c12-5-1-2-7-6(3-5)8(14)4-11(7)9(15)13-10(16)17-11/h1-3H,4H2,(H,13,15,16). The second kappa shape index (κ2) is 3.16. The molecule has 1 atom stereocenters. The number of alkyl carbamates (subject to hydrolysis) is 1. The molecule has 1 aromatic rings. The van der Waals surface area contributed by atoms with Gasteiger partial charge in [0, 0.05) is 15.6 Å². The van der Waals surface area contributed by atoms with Crippen molar-refractivity contribution in [2.45, 2.75) is 12.0 Å². The molecular weight excluding hydrogens is 290 g/mol. The summed E-state index contributed by atoms with van der Waals surface area (Å²) in [4.78, 5) is 34.7. The fourth-order valence-corrected chi connectivity index (χ4v) is 2.59. The van der Waals surface area contributed by atoms with Gasteiger partial charge in [-0.25, -0.2) is 4.79 Å². The zero-order valence-corrected chi connectivity index (χ0v) is 10.0. The molecule has 0 radical (unpaired) electrons. The van der Waals surface area contributed by atoms with Gasteiger partial charge in [0.15, 0.2) is 5.78 Å². The van der Waals surface area contributed by atoms with Crippen molar-refractivity contribution in [3.05, 3.63) is 33.8 Å². The van der Waals surface area contributed by atoms with Crippen LogP contribution in [0.2, 0.25) is 0 Å². The van der Waals surface area contributed by atoms with Crippen molar-refractivity contribution in [1.29, 1.82) is 0 Å². The largest absolute Gasteiger partial charge is 0.427 e. The van der Waals surface area contributed by atoms with E-state index < -0.39 is 17.6 Å². The van der Waals surface area contributed by atoms with Crippen LogP contribution in [0.25, 0.3) is 0 Å². The monoisotopic (exact) mass is 295 g/mol. The van der Waals surface area contributed by atoms with Crippen LogP contribution >= 0.6 is 15.9 Å². The molecule has 0 bridgehead atoms. The third kappa shape index (κ3) is 1.27. The van der Waals surface area contributed by atoms with Crippen molar-refractivity contribution in [2.24, 2.45) is 0 Å². The fraction of sp³-hybridized carbons (Fsp3) is 0.182. The molecule has 17 heavy (non-hydrogen) atoms. The van der Waals surface area contributed by atoms with Crippen LogP contribution in [0.3, 0.4) is 0 Å². The molecule has 1 aliphatic heterocycles. The summed E-state index contributed by atoms with van der Waals surface area (Å²) < 4.78 is 5.77. The lowest BCUT2D eigenvalue weighted by molar-refractivity contribution is -0.131. The Labute approximate surface area is 104 Å². The maximum Gasteiger partial charge on any atom is 0.415 e. The molecule has 86 valence electrons. The second-order valence-electron chi connectivity index (χ2n) is 3.96. The summed E-state index contributed by atoms with van der Waals surface area (Å²) in [5.41, 5.74) is -0.581. The summed E-state index contributed by atoms with van der Waals surface area (Å²) in [6, 6.07) is 4.97. The molecule has 1 saturated heterocycles. The third-order valence-electron chi connectivity index (χ3n) is 2.98. The van der Waals surface area contributed by atoms with E-state index in [0.29, 0.717) is 11.1 Å². The summed E-state index contributed by atoms with van der Waals surface area (Å²) in [7, 11) is 0. The Balaban J connectivity index is 2.23. The van der Waals surface area contributed by atoms with Gasteiger partial charge in [0.05, 0.1) is 6.42 Å². The number of carbonyl (C=O) groups is 3. The highest BCUT2D eigenvalue weighted by Gasteiger charge is 2.57. The van der Waals surface area contributed by atoms with Crippen molar-refractivity contribution in [3.63, 3.8) is 0 Å². The van der Waals surface area contributed by atoms with Crippen molar-refractivity contribution >= 4 is 33.7 Å². The molecule has 6 heteroatoms. The van der Waals surface area contributed by atoms with Gasteiger partial charge in [-0.2, -0.15) is 0 Å². The van der Waals surface area contributed by atoms with Crippen LogP contribution in [-0.2, 0) is 15.1 Å². The lowest BCUT2D eigenvalue weighted by atomic mass is 9.95. The minimum Gasteiger partial charge on any atom is -0.427 e. The number of hydrogen-bond acceptors (Lipinski definition) is 4. The average molecular weight is 296 g/mol. The van der Waals surface area contributed by atoms with E-state index in [9.17, 15) is 14.4 Å². The Morgan fingerprint density at radius 1 is 1.29 bits per heavy atom. The van der Waals surface area contributed by atoms with Crippen LogP contribution in [0.4, 0.5) is 4.79 Å². The molecule has 1 fully saturated rings. The second-order valence-corrected chi connectivity index (χ2v) is 4.88. The Kier molecular flexibility index (Phi) is 1.95. The predicted octanol–water partition coefficient (Wildman–Crippen LogP) is 1.50. The maximum atomic E-state index is 11.8. The van der Waals surface area contributed by atoms with Crippen LogP contribution in [0, 0.1) is 0 Å². The Bertz CT molecular complexity index is 583. The van der Waals surface area contributed by atoms with Gasteiger partial charge < -0.3 is 4.74 Å². The number of imide groups is 1. The number of Topliss-reactive ketones (excluding diaryl/α,β-unsaturated/α-hetero) is 1. The van der Waals surface area contributed by atoms with Crippen LogP contribution in [-0.4, -0.2) is 17.8 Å². The van der Waals surface area contributed by atoms with Gasteiger partial charge in [0.1, 0.15) is 0 Å². The first-order chi connectivity index (χ1) is 8.03. The zero-order chi connectivity index (χ0) is 12.2. The van der Waals surface area contributed by atoms with Crippen molar-refractivity contribution in [3.8, 4) is 0 Å². The molecule has 1 unspecified atom stereocenters. The average Bonchev–Trinajstić information content (AvgIpc) is 2.67. The van der Waals surface area contributed by atoms with Gasteiger partial charge in [0.2, 0.25) is 5.60 Å². The van der Waals surface area contributed by atoms with E-state index in [0.717, 1.165) is 4.47 Å². The summed E-state index contributed by atoms with van der Waals surface area (Å²) in [5, 5.41) is 2.06. The number of halogens is 1. The maximum absolute atomic E-state index is 11.8. The number of carbonyl (C=O) groups excluding carboxylic acids is 3.